The highest BCUT2D eigenvalue weighted by Gasteiger charge is 2.19. The fraction of sp³-hybridized carbons (Fsp3) is 0.600. The SMILES string of the molecule is CC[C@H](C)[C@H](N)C(=O)O.C[C@H](N)C(=O)O.N=C(N)NCCC[C@H](N)C(=O)O.NC(=O)CC[C@H](N)C(=O)O.NC(=O)C[C@H](N)C(=O)O.NCC(=O)O.N[C@@H](CC(=O)O)C(=O)O.N[C@@H](CCC(=O)O)C(=O)O.N[C@@H](CS)C(=O)O.N[C@@H](CSSC[C@H](N)C(=O)O)C(=O)O.N[C@@H](Cc1c[nH]cn1)C(=O)O. The molecule has 0 aliphatic heterocycles. The zero-order valence-corrected chi connectivity index (χ0v) is 57.9. The molecule has 102 heavy (non-hydrogen) atoms. The molecule has 0 bridgehead atoms. The molecule has 52 heteroatoms. The van der Waals surface area contributed by atoms with Crippen molar-refractivity contribution in [1.82, 2.24) is 15.3 Å². The Morgan fingerprint density at radius 2 is 0.824 bits per heavy atom. The predicted octanol–water partition coefficient (Wildman–Crippen LogP) is -9.49. The maximum atomic E-state index is 10.3. The minimum absolute atomic E-state index is 0.0213. The van der Waals surface area contributed by atoms with Crippen molar-refractivity contribution in [2.24, 2.45) is 91.9 Å². The second-order valence-electron chi connectivity index (χ2n) is 19.2. The molecule has 1 heterocycles. The molecule has 0 aromatic carbocycles. The van der Waals surface area contributed by atoms with Crippen molar-refractivity contribution >= 4 is 136 Å². The van der Waals surface area contributed by atoms with Gasteiger partial charge in [0.1, 0.15) is 66.5 Å². The second kappa shape index (κ2) is 71.4. The lowest BCUT2D eigenvalue weighted by Gasteiger charge is -2.11. The largest absolute Gasteiger partial charge is 0.481 e. The van der Waals surface area contributed by atoms with Crippen molar-refractivity contribution in [1.29, 1.82) is 5.41 Å². The monoisotopic (exact) mass is 1540 g/mol. The van der Waals surface area contributed by atoms with E-state index in [1.807, 2.05) is 13.8 Å². The van der Waals surface area contributed by atoms with Crippen molar-refractivity contribution in [3.8, 4) is 0 Å². The fourth-order valence-electron chi connectivity index (χ4n) is 3.75. The molecule has 0 saturated heterocycles. The van der Waals surface area contributed by atoms with E-state index in [0.29, 0.717) is 25.1 Å². The quantitative estimate of drug-likeness (QED) is 0.00975. The molecule has 1 aromatic heterocycles. The van der Waals surface area contributed by atoms with Gasteiger partial charge in [0, 0.05) is 49.3 Å². The first kappa shape index (κ1) is 114. The van der Waals surface area contributed by atoms with Crippen LogP contribution in [-0.2, 0) is 83.1 Å². The molecule has 0 radical (unpaired) electrons. The molecular weight excluding hydrogens is 1440 g/mol. The van der Waals surface area contributed by atoms with E-state index in [9.17, 15) is 76.7 Å². The summed E-state index contributed by atoms with van der Waals surface area (Å²) in [5.74, 6) is -15.6. The van der Waals surface area contributed by atoms with Crippen LogP contribution in [0.3, 0.4) is 0 Å². The summed E-state index contributed by atoms with van der Waals surface area (Å²) in [4.78, 5) is 166. The van der Waals surface area contributed by atoms with Gasteiger partial charge in [0.05, 0.1) is 31.4 Å². The van der Waals surface area contributed by atoms with E-state index >= 15 is 0 Å². The molecular formula is C50H101N19O30S3. The number of aromatic amines is 1. The minimum atomic E-state index is -1.29. The molecule has 0 aliphatic rings. The Morgan fingerprint density at radius 3 is 1.03 bits per heavy atom. The molecule has 49 nitrogen and oxygen atoms in total. The van der Waals surface area contributed by atoms with Gasteiger partial charge in [-0.05, 0) is 38.5 Å². The summed E-state index contributed by atoms with van der Waals surface area (Å²) in [6.45, 7) is 5.38. The van der Waals surface area contributed by atoms with Crippen LogP contribution in [0.2, 0.25) is 0 Å². The van der Waals surface area contributed by atoms with E-state index < -0.39 is 168 Å². The standard InChI is InChI=1S/C6H14N4O2.C6H9N3O2.C6H12N2O4S2.C6H13NO2.C5H10N2O3.C5H9NO4.C4H8N2O3.C4H7NO4.C3H7NO2S.C3H7NO2.C2H5NO2/c7-4(5(11)12)2-1-3-10-6(8)9;7-5(6(10)11)1-4-2-8-3-9-4;7-3(5(9)10)1-13-14-2-4(8)6(11)12;1-3-4(2)5(7)6(8)9;2*6-3(5(9)10)1-2-4(7)8;2*5-2(4(8)9)1-3(6)7;4-2(1-7)3(5)6;1-2(4)3(5)6;3-1-2(4)5/h4H,1-3,7H2,(H,11,12)(H4,8,9,10);2-3,5H,1,7H2,(H,8,9)(H,10,11);3-4H,1-2,7-8H2,(H,9,10)(H,11,12);4-5H,3,7H2,1-2H3,(H,8,9);3H,1-2,6H2,(H2,7,8)(H,9,10);3H,1-2,6H2,(H,7,8)(H,9,10);2H,1,5H2,(H2,6,7)(H,8,9);2H,1,5H2,(H,6,7)(H,8,9);2,7H,1,4H2,(H,5,6);2H,4H2,1H3,(H,5,6);1,3H2,(H,4,5)/t4-;5-;3-,4-;4-,5-;2*3-;4*2-;/m0000000000./s1. The van der Waals surface area contributed by atoms with Crippen molar-refractivity contribution in [3.05, 3.63) is 18.2 Å². The maximum absolute atomic E-state index is 10.3. The van der Waals surface area contributed by atoms with E-state index in [4.69, 9.17) is 151 Å². The van der Waals surface area contributed by atoms with Crippen LogP contribution in [0, 0.1) is 11.3 Å². The van der Waals surface area contributed by atoms with Gasteiger partial charge in [-0.3, -0.25) is 82.1 Å². The lowest BCUT2D eigenvalue weighted by Crippen LogP contribution is -2.36. The number of carbonyl (C=O) groups excluding carboxylic acids is 2. The minimum Gasteiger partial charge on any atom is -0.481 e. The van der Waals surface area contributed by atoms with Crippen LogP contribution in [-0.4, -0.2) is 280 Å². The number of nitrogens with two attached hydrogens (primary N) is 15. The Labute approximate surface area is 594 Å². The number of aliphatic carboxylic acids is 14. The van der Waals surface area contributed by atoms with Crippen LogP contribution in [0.25, 0.3) is 0 Å². The van der Waals surface area contributed by atoms with Crippen molar-refractivity contribution in [3.63, 3.8) is 0 Å². The number of guanidine groups is 1. The van der Waals surface area contributed by atoms with E-state index in [-0.39, 0.29) is 74.2 Å². The number of carbonyl (C=O) groups is 16. The maximum Gasteiger partial charge on any atom is 0.321 e. The van der Waals surface area contributed by atoms with E-state index in [2.05, 4.69) is 39.4 Å². The number of thiol groups is 1. The molecule has 594 valence electrons. The third-order valence-corrected chi connectivity index (χ3v) is 12.8. The van der Waals surface area contributed by atoms with Crippen molar-refractivity contribution in [2.75, 3.05) is 30.3 Å². The van der Waals surface area contributed by atoms with Crippen LogP contribution in [0.15, 0.2) is 12.5 Å². The Balaban J connectivity index is -0.000000115. The van der Waals surface area contributed by atoms with E-state index in [0.717, 1.165) is 6.42 Å². The second-order valence-corrected chi connectivity index (χ2v) is 22.1. The van der Waals surface area contributed by atoms with Gasteiger partial charge in [0.2, 0.25) is 11.8 Å². The first-order valence-corrected chi connectivity index (χ1v) is 31.3. The molecule has 0 unspecified atom stereocenters. The molecule has 12 atom stereocenters. The van der Waals surface area contributed by atoms with Crippen LogP contribution in [0.5, 0.6) is 0 Å². The number of carboxylic acid groups (broad SMARTS) is 14. The normalized spacial score (nSPS) is 13.1. The number of hydrogen-bond donors (Lipinski definition) is 33. The van der Waals surface area contributed by atoms with E-state index in [1.54, 1.807) is 6.20 Å². The summed E-state index contributed by atoms with van der Waals surface area (Å²) in [6, 6.07) is -10.3. The average Bonchev–Trinajstić information content (AvgIpc) is 1.81. The summed E-state index contributed by atoms with van der Waals surface area (Å²) in [7, 11) is 2.41. The molecule has 1 rings (SSSR count). The van der Waals surface area contributed by atoms with E-state index in [1.165, 1.54) is 34.8 Å². The molecule has 47 N–H and O–H groups in total. The topological polar surface area (TPSA) is 1010 Å². The Hall–Kier alpha value is -9.43. The van der Waals surface area contributed by atoms with Crippen LogP contribution >= 0.6 is 34.2 Å². The van der Waals surface area contributed by atoms with Crippen LogP contribution in [0.4, 0.5) is 0 Å². The number of nitrogens with zero attached hydrogens (tertiary/aromatic N) is 1. The Bertz CT molecular complexity index is 2540. The average molecular weight is 1540 g/mol. The smallest absolute Gasteiger partial charge is 0.321 e. The molecule has 0 fully saturated rings. The number of primary amides is 2. The third kappa shape index (κ3) is 94.8. The summed E-state index contributed by atoms with van der Waals surface area (Å²) in [5.41, 5.74) is 75.4. The lowest BCUT2D eigenvalue weighted by molar-refractivity contribution is -0.144. The van der Waals surface area contributed by atoms with Crippen LogP contribution in [0.1, 0.15) is 84.3 Å². The lowest BCUT2D eigenvalue weighted by atomic mass is 10.0. The highest BCUT2D eigenvalue weighted by Crippen LogP contribution is 2.22. The number of carboxylic acids is 14. The molecule has 0 spiro atoms. The molecule has 0 saturated carbocycles. The van der Waals surface area contributed by atoms with Gasteiger partial charge in [-0.25, -0.2) is 4.98 Å². The fourth-order valence-corrected chi connectivity index (χ4v) is 6.13. The summed E-state index contributed by atoms with van der Waals surface area (Å²) < 4.78 is 0. The number of H-pyrrole nitrogens is 1. The Kier molecular flexibility index (Phi) is 79.7. The molecule has 1 aromatic rings. The van der Waals surface area contributed by atoms with Gasteiger partial charge in [0.25, 0.3) is 0 Å². The summed E-state index contributed by atoms with van der Waals surface area (Å²) in [6.07, 6.45) is 4.22. The van der Waals surface area contributed by atoms with Crippen molar-refractivity contribution in [2.45, 2.75) is 151 Å². The number of rotatable bonds is 36. The summed E-state index contributed by atoms with van der Waals surface area (Å²) >= 11 is 3.65. The molecule has 0 aliphatic carbocycles. The van der Waals surface area contributed by atoms with Gasteiger partial charge >= 0.3 is 83.6 Å². The number of amides is 2. The first-order valence-electron chi connectivity index (χ1n) is 28.2. The number of nitrogens with one attached hydrogen (secondary N) is 3. The van der Waals surface area contributed by atoms with Gasteiger partial charge in [-0.1, -0.05) is 41.9 Å². The van der Waals surface area contributed by atoms with Crippen LogP contribution < -0.4 is 91.3 Å². The third-order valence-electron chi connectivity index (χ3n) is 9.91. The first-order chi connectivity index (χ1) is 46.5. The van der Waals surface area contributed by atoms with Gasteiger partial charge < -0.3 is 168 Å². The van der Waals surface area contributed by atoms with Crippen molar-refractivity contribution < 1.29 is 148 Å². The highest BCUT2D eigenvalue weighted by molar-refractivity contribution is 8.76. The van der Waals surface area contributed by atoms with Gasteiger partial charge in [0.15, 0.2) is 5.96 Å². The zero-order valence-electron chi connectivity index (χ0n) is 55.4. The molecule has 2 amide bonds. The van der Waals surface area contributed by atoms with Gasteiger partial charge in [-0.2, -0.15) is 12.6 Å². The highest BCUT2D eigenvalue weighted by atomic mass is 33.1. The van der Waals surface area contributed by atoms with Gasteiger partial charge in [-0.15, -0.1) is 0 Å². The summed E-state index contributed by atoms with van der Waals surface area (Å²) in [5, 5.41) is 123. The number of aromatic nitrogens is 2. The number of hydrogen-bond acceptors (Lipinski definition) is 33. The Morgan fingerprint density at radius 1 is 0.480 bits per heavy atom. The predicted molar refractivity (Wildman–Crippen MR) is 365 cm³/mol. The number of imidazole rings is 1. The zero-order chi connectivity index (χ0) is 82.9.